The maximum atomic E-state index is 2.45. The summed E-state index contributed by atoms with van der Waals surface area (Å²) in [5, 5.41) is 2.48. The molecule has 0 saturated carbocycles. The molecule has 0 N–H and O–H groups in total. The molecule has 0 radical (unpaired) electrons. The number of hydrogen-bond donors (Lipinski definition) is 0. The predicted octanol–water partition coefficient (Wildman–Crippen LogP) is 13.3. The van der Waals surface area contributed by atoms with Gasteiger partial charge >= 0.3 is 0 Å². The lowest BCUT2D eigenvalue weighted by molar-refractivity contribution is 1.18. The van der Waals surface area contributed by atoms with Gasteiger partial charge in [0.25, 0.3) is 0 Å². The van der Waals surface area contributed by atoms with Crippen molar-refractivity contribution in [3.05, 3.63) is 206 Å². The number of anilines is 3. The summed E-state index contributed by atoms with van der Waals surface area (Å²) in [5.41, 5.74) is 14.1. The Labute approximate surface area is 292 Å². The summed E-state index contributed by atoms with van der Waals surface area (Å²) in [4.78, 5) is 2.35. The van der Waals surface area contributed by atoms with E-state index in [0.29, 0.717) is 0 Å². The van der Waals surface area contributed by atoms with Gasteiger partial charge in [-0.3, -0.25) is 0 Å². The van der Waals surface area contributed by atoms with E-state index >= 15 is 0 Å². The Morgan fingerprint density at radius 1 is 0.320 bits per heavy atom. The standard InChI is InChI=1S/C48H34N2/c1-4-16-35(17-5-1)36-28-30-37(31-29-36)41-22-10-14-26-46(41)50-47-27-15-12-24-43(47)44-33-32-38(34-48(44)50)42-23-11-13-25-45(42)49(39-18-6-2-7-19-39)40-20-8-3-9-21-40/h1-34H. The van der Waals surface area contributed by atoms with Crippen LogP contribution < -0.4 is 4.90 Å². The van der Waals surface area contributed by atoms with Gasteiger partial charge < -0.3 is 9.47 Å². The van der Waals surface area contributed by atoms with E-state index in [-0.39, 0.29) is 0 Å². The zero-order chi connectivity index (χ0) is 33.3. The predicted molar refractivity (Wildman–Crippen MR) is 212 cm³/mol. The summed E-state index contributed by atoms with van der Waals surface area (Å²) in [5.74, 6) is 0. The Morgan fingerprint density at radius 3 is 1.54 bits per heavy atom. The van der Waals surface area contributed by atoms with Gasteiger partial charge in [-0.15, -0.1) is 0 Å². The van der Waals surface area contributed by atoms with Crippen molar-refractivity contribution in [1.29, 1.82) is 0 Å². The molecule has 0 saturated heterocycles. The fraction of sp³-hybridized carbons (Fsp3) is 0. The topological polar surface area (TPSA) is 8.17 Å². The summed E-state index contributed by atoms with van der Waals surface area (Å²) in [6.07, 6.45) is 0. The second-order valence-corrected chi connectivity index (χ2v) is 12.6. The summed E-state index contributed by atoms with van der Waals surface area (Å²) in [6.45, 7) is 0. The summed E-state index contributed by atoms with van der Waals surface area (Å²) in [6, 6.07) is 74.0. The highest BCUT2D eigenvalue weighted by atomic mass is 15.1. The van der Waals surface area contributed by atoms with Crippen molar-refractivity contribution in [3.63, 3.8) is 0 Å². The van der Waals surface area contributed by atoms with Crippen molar-refractivity contribution in [2.75, 3.05) is 4.90 Å². The summed E-state index contributed by atoms with van der Waals surface area (Å²) in [7, 11) is 0. The van der Waals surface area contributed by atoms with Crippen LogP contribution in [0.5, 0.6) is 0 Å². The molecule has 1 aromatic heterocycles. The number of nitrogens with zero attached hydrogens (tertiary/aromatic N) is 2. The van der Waals surface area contributed by atoms with Gasteiger partial charge in [0.15, 0.2) is 0 Å². The highest BCUT2D eigenvalue weighted by Gasteiger charge is 2.19. The highest BCUT2D eigenvalue weighted by molar-refractivity contribution is 6.11. The van der Waals surface area contributed by atoms with E-state index < -0.39 is 0 Å². The molecule has 0 aliphatic rings. The van der Waals surface area contributed by atoms with E-state index in [1.807, 2.05) is 0 Å². The highest BCUT2D eigenvalue weighted by Crippen LogP contribution is 2.43. The molecule has 0 fully saturated rings. The third-order valence-electron chi connectivity index (χ3n) is 9.61. The van der Waals surface area contributed by atoms with Gasteiger partial charge in [0.1, 0.15) is 0 Å². The van der Waals surface area contributed by atoms with Gasteiger partial charge in [-0.2, -0.15) is 0 Å². The SMILES string of the molecule is c1ccc(-c2ccc(-c3ccccc3-n3c4ccccc4c4ccc(-c5ccccc5N(c5ccccc5)c5ccccc5)cc43)cc2)cc1. The summed E-state index contributed by atoms with van der Waals surface area (Å²) < 4.78 is 2.45. The van der Waals surface area contributed by atoms with E-state index in [4.69, 9.17) is 0 Å². The van der Waals surface area contributed by atoms with Crippen LogP contribution >= 0.6 is 0 Å². The van der Waals surface area contributed by atoms with Crippen LogP contribution in [-0.2, 0) is 0 Å². The Hall–Kier alpha value is -6.64. The Morgan fingerprint density at radius 2 is 0.820 bits per heavy atom. The van der Waals surface area contributed by atoms with Crippen LogP contribution in [0.25, 0.3) is 60.9 Å². The molecule has 1 heterocycles. The van der Waals surface area contributed by atoms with Crippen LogP contribution in [0.3, 0.4) is 0 Å². The average molecular weight is 639 g/mol. The fourth-order valence-electron chi connectivity index (χ4n) is 7.28. The largest absolute Gasteiger partial charge is 0.310 e. The van der Waals surface area contributed by atoms with E-state index in [1.54, 1.807) is 0 Å². The lowest BCUT2D eigenvalue weighted by Crippen LogP contribution is -2.10. The van der Waals surface area contributed by atoms with Crippen molar-refractivity contribution in [3.8, 4) is 39.1 Å². The van der Waals surface area contributed by atoms with Crippen LogP contribution in [0.2, 0.25) is 0 Å². The van der Waals surface area contributed by atoms with E-state index in [2.05, 4.69) is 216 Å². The minimum atomic E-state index is 1.12. The van der Waals surface area contributed by atoms with Gasteiger partial charge in [0.2, 0.25) is 0 Å². The van der Waals surface area contributed by atoms with Gasteiger partial charge in [-0.05, 0) is 70.8 Å². The lowest BCUT2D eigenvalue weighted by atomic mass is 9.98. The Bertz CT molecular complexity index is 2530. The molecule has 0 aliphatic heterocycles. The smallest absolute Gasteiger partial charge is 0.0547 e. The molecule has 8 aromatic carbocycles. The second kappa shape index (κ2) is 12.8. The van der Waals surface area contributed by atoms with Crippen LogP contribution in [-0.4, -0.2) is 4.57 Å². The van der Waals surface area contributed by atoms with Crippen LogP contribution in [0.15, 0.2) is 206 Å². The molecule has 2 heteroatoms. The number of rotatable bonds is 7. The lowest BCUT2D eigenvalue weighted by Gasteiger charge is -2.27. The Kier molecular flexibility index (Phi) is 7.53. The Balaban J connectivity index is 1.23. The zero-order valence-corrected chi connectivity index (χ0v) is 27.5. The van der Waals surface area contributed by atoms with Crippen LogP contribution in [0.1, 0.15) is 0 Å². The van der Waals surface area contributed by atoms with Crippen LogP contribution in [0.4, 0.5) is 17.1 Å². The quantitative estimate of drug-likeness (QED) is 0.169. The molecule has 0 unspecified atom stereocenters. The molecule has 0 bridgehead atoms. The minimum Gasteiger partial charge on any atom is -0.310 e. The molecular formula is C48H34N2. The van der Waals surface area contributed by atoms with Gasteiger partial charge in [0, 0.05) is 33.3 Å². The van der Waals surface area contributed by atoms with Crippen molar-refractivity contribution >= 4 is 38.9 Å². The van der Waals surface area contributed by atoms with E-state index in [9.17, 15) is 0 Å². The van der Waals surface area contributed by atoms with E-state index in [1.165, 1.54) is 55.2 Å². The van der Waals surface area contributed by atoms with Crippen molar-refractivity contribution in [2.45, 2.75) is 0 Å². The molecule has 236 valence electrons. The molecule has 50 heavy (non-hydrogen) atoms. The first-order valence-corrected chi connectivity index (χ1v) is 17.1. The molecule has 0 spiro atoms. The van der Waals surface area contributed by atoms with Gasteiger partial charge in [-0.1, -0.05) is 158 Å². The van der Waals surface area contributed by atoms with Gasteiger partial charge in [0.05, 0.1) is 22.4 Å². The third-order valence-corrected chi connectivity index (χ3v) is 9.61. The molecule has 2 nitrogen and oxygen atoms in total. The normalized spacial score (nSPS) is 11.2. The van der Waals surface area contributed by atoms with E-state index in [0.717, 1.165) is 22.7 Å². The number of fused-ring (bicyclic) bond motifs is 3. The zero-order valence-electron chi connectivity index (χ0n) is 27.5. The van der Waals surface area contributed by atoms with Crippen molar-refractivity contribution < 1.29 is 0 Å². The van der Waals surface area contributed by atoms with Crippen molar-refractivity contribution in [2.24, 2.45) is 0 Å². The summed E-state index contributed by atoms with van der Waals surface area (Å²) >= 11 is 0. The third kappa shape index (κ3) is 5.24. The maximum absolute atomic E-state index is 2.45. The second-order valence-electron chi connectivity index (χ2n) is 12.6. The number of para-hydroxylation sites is 5. The first-order chi connectivity index (χ1) is 24.8. The first kappa shape index (κ1) is 29.5. The first-order valence-electron chi connectivity index (χ1n) is 17.1. The number of aromatic nitrogens is 1. The number of hydrogen-bond acceptors (Lipinski definition) is 1. The average Bonchev–Trinajstić information content (AvgIpc) is 3.53. The number of benzene rings is 8. The van der Waals surface area contributed by atoms with Crippen LogP contribution in [0, 0.1) is 0 Å². The van der Waals surface area contributed by atoms with Crippen molar-refractivity contribution in [1.82, 2.24) is 4.57 Å². The van der Waals surface area contributed by atoms with Gasteiger partial charge in [-0.25, -0.2) is 0 Å². The molecular weight excluding hydrogens is 605 g/mol. The monoisotopic (exact) mass is 638 g/mol. The molecule has 9 rings (SSSR count). The minimum absolute atomic E-state index is 1.12. The molecule has 9 aromatic rings. The molecule has 0 amide bonds. The molecule has 0 atom stereocenters. The maximum Gasteiger partial charge on any atom is 0.0547 e. The molecule has 0 aliphatic carbocycles. The fourth-order valence-corrected chi connectivity index (χ4v) is 7.28.